The van der Waals surface area contributed by atoms with Crippen molar-refractivity contribution >= 4 is 27.3 Å². The maximum Gasteiger partial charge on any atom is 0.347 e. The normalized spacial score (nSPS) is 13.1. The van der Waals surface area contributed by atoms with Gasteiger partial charge in [0.1, 0.15) is 9.77 Å². The first kappa shape index (κ1) is 14.7. The highest BCUT2D eigenvalue weighted by Crippen LogP contribution is 2.24. The molecule has 0 aliphatic carbocycles. The van der Waals surface area contributed by atoms with Gasteiger partial charge in [0.25, 0.3) is 0 Å². The number of hydrogen-bond acceptors (Lipinski definition) is 4. The van der Waals surface area contributed by atoms with Gasteiger partial charge in [-0.25, -0.2) is 17.9 Å². The summed E-state index contributed by atoms with van der Waals surface area (Å²) in [4.78, 5) is 10.6. The lowest BCUT2D eigenvalue weighted by molar-refractivity contribution is 0.0698. The van der Waals surface area contributed by atoms with E-state index in [-0.39, 0.29) is 9.77 Å². The Hall–Kier alpha value is -1.70. The fourth-order valence-corrected chi connectivity index (χ4v) is 4.26. The summed E-state index contributed by atoms with van der Waals surface area (Å²) in [5, 5.41) is 10.4. The molecule has 5 nitrogen and oxygen atoms in total. The van der Waals surface area contributed by atoms with Gasteiger partial charge in [-0.3, -0.25) is 0 Å². The highest BCUT2D eigenvalue weighted by Gasteiger charge is 2.25. The topological polar surface area (TPSA) is 83.5 Å². The molecule has 0 aliphatic rings. The Kier molecular flexibility index (Phi) is 4.22. The second-order valence-electron chi connectivity index (χ2n) is 4.17. The predicted molar refractivity (Wildman–Crippen MR) is 76.5 cm³/mol. The van der Waals surface area contributed by atoms with Crippen molar-refractivity contribution in [3.63, 3.8) is 0 Å². The van der Waals surface area contributed by atoms with Crippen molar-refractivity contribution in [1.82, 2.24) is 4.72 Å². The van der Waals surface area contributed by atoms with Gasteiger partial charge < -0.3 is 5.11 Å². The molecule has 0 amide bonds. The molecule has 1 aromatic heterocycles. The molecule has 106 valence electrons. The summed E-state index contributed by atoms with van der Waals surface area (Å²) < 4.78 is 27.0. The van der Waals surface area contributed by atoms with Crippen molar-refractivity contribution in [3.8, 4) is 0 Å². The maximum atomic E-state index is 12.2. The first-order chi connectivity index (χ1) is 9.42. The Labute approximate surface area is 120 Å². The van der Waals surface area contributed by atoms with Crippen molar-refractivity contribution in [2.45, 2.75) is 17.9 Å². The molecular formula is C13H13NO4S2. The minimum atomic E-state index is -3.86. The van der Waals surface area contributed by atoms with Crippen LogP contribution in [-0.4, -0.2) is 19.5 Å². The van der Waals surface area contributed by atoms with E-state index in [0.29, 0.717) is 0 Å². The van der Waals surface area contributed by atoms with Gasteiger partial charge in [0.05, 0.1) is 0 Å². The van der Waals surface area contributed by atoms with Crippen LogP contribution in [0.5, 0.6) is 0 Å². The molecule has 2 N–H and O–H groups in total. The van der Waals surface area contributed by atoms with Crippen LogP contribution in [0.1, 0.15) is 28.2 Å². The van der Waals surface area contributed by atoms with Crippen LogP contribution >= 0.6 is 11.3 Å². The number of nitrogens with one attached hydrogen (secondary N) is 1. The van der Waals surface area contributed by atoms with Gasteiger partial charge in [0, 0.05) is 6.04 Å². The fraction of sp³-hybridized carbons (Fsp3) is 0.154. The lowest BCUT2D eigenvalue weighted by Gasteiger charge is -2.14. The summed E-state index contributed by atoms with van der Waals surface area (Å²) in [5.41, 5.74) is 0.808. The number of sulfonamides is 1. The van der Waals surface area contributed by atoms with Crippen LogP contribution in [-0.2, 0) is 10.0 Å². The van der Waals surface area contributed by atoms with E-state index < -0.39 is 22.0 Å². The number of thiophene rings is 1. The van der Waals surface area contributed by atoms with Gasteiger partial charge in [-0.1, -0.05) is 30.3 Å². The third-order valence-corrected chi connectivity index (χ3v) is 5.36. The van der Waals surface area contributed by atoms with E-state index in [2.05, 4.69) is 4.72 Å². The van der Waals surface area contributed by atoms with Gasteiger partial charge in [-0.2, -0.15) is 0 Å². The maximum absolute atomic E-state index is 12.2. The monoisotopic (exact) mass is 311 g/mol. The average Bonchev–Trinajstić information content (AvgIpc) is 2.89. The van der Waals surface area contributed by atoms with Crippen LogP contribution in [0.4, 0.5) is 0 Å². The van der Waals surface area contributed by atoms with Crippen LogP contribution in [0, 0.1) is 0 Å². The SMILES string of the molecule is CC(NS(=O)(=O)c1ccsc1C(=O)O)c1ccccc1. The number of carboxylic acid groups (broad SMARTS) is 1. The lowest BCUT2D eigenvalue weighted by atomic mass is 10.1. The summed E-state index contributed by atoms with van der Waals surface area (Å²) >= 11 is 0.889. The summed E-state index contributed by atoms with van der Waals surface area (Å²) in [6.07, 6.45) is 0. The van der Waals surface area contributed by atoms with E-state index in [4.69, 9.17) is 5.11 Å². The Bertz CT molecular complexity index is 707. The number of hydrogen-bond donors (Lipinski definition) is 2. The fourth-order valence-electron chi connectivity index (χ4n) is 1.77. The van der Waals surface area contributed by atoms with Crippen molar-refractivity contribution in [2.24, 2.45) is 0 Å². The molecule has 0 bridgehead atoms. The van der Waals surface area contributed by atoms with E-state index >= 15 is 0 Å². The van der Waals surface area contributed by atoms with Crippen LogP contribution in [0.2, 0.25) is 0 Å². The minimum Gasteiger partial charge on any atom is -0.477 e. The third kappa shape index (κ3) is 3.06. The zero-order chi connectivity index (χ0) is 14.8. The number of aromatic carboxylic acids is 1. The Balaban J connectivity index is 2.28. The van der Waals surface area contributed by atoms with Crippen LogP contribution < -0.4 is 4.72 Å². The van der Waals surface area contributed by atoms with Crippen molar-refractivity contribution < 1.29 is 18.3 Å². The predicted octanol–water partition coefficient (Wildman–Crippen LogP) is 2.49. The first-order valence-corrected chi connectivity index (χ1v) is 8.16. The van der Waals surface area contributed by atoms with Gasteiger partial charge in [-0.15, -0.1) is 11.3 Å². The largest absolute Gasteiger partial charge is 0.477 e. The van der Waals surface area contributed by atoms with E-state index in [1.54, 1.807) is 19.1 Å². The highest BCUT2D eigenvalue weighted by atomic mass is 32.2. The van der Waals surface area contributed by atoms with Crippen LogP contribution in [0.3, 0.4) is 0 Å². The van der Waals surface area contributed by atoms with Crippen LogP contribution in [0.25, 0.3) is 0 Å². The van der Waals surface area contributed by atoms with Gasteiger partial charge in [-0.05, 0) is 23.9 Å². The van der Waals surface area contributed by atoms with E-state index in [0.717, 1.165) is 16.9 Å². The molecule has 0 saturated carbocycles. The first-order valence-electron chi connectivity index (χ1n) is 5.80. The molecule has 20 heavy (non-hydrogen) atoms. The van der Waals surface area contributed by atoms with Crippen molar-refractivity contribution in [1.29, 1.82) is 0 Å². The van der Waals surface area contributed by atoms with E-state index in [1.807, 2.05) is 18.2 Å². The number of carbonyl (C=O) groups is 1. The standard InChI is InChI=1S/C13H13NO4S2/c1-9(10-5-3-2-4-6-10)14-20(17,18)11-7-8-19-12(11)13(15)16/h2-9,14H,1H3,(H,15,16). The van der Waals surface area contributed by atoms with Crippen molar-refractivity contribution in [3.05, 3.63) is 52.2 Å². The van der Waals surface area contributed by atoms with Gasteiger partial charge >= 0.3 is 5.97 Å². The average molecular weight is 311 g/mol. The van der Waals surface area contributed by atoms with E-state index in [9.17, 15) is 13.2 Å². The smallest absolute Gasteiger partial charge is 0.347 e. The van der Waals surface area contributed by atoms with Gasteiger partial charge in [0.15, 0.2) is 0 Å². The number of carboxylic acids is 1. The molecule has 7 heteroatoms. The summed E-state index contributed by atoms with van der Waals surface area (Å²) in [5.74, 6) is -1.24. The zero-order valence-corrected chi connectivity index (χ0v) is 12.2. The third-order valence-electron chi connectivity index (χ3n) is 2.74. The van der Waals surface area contributed by atoms with Crippen LogP contribution in [0.15, 0.2) is 46.7 Å². The quantitative estimate of drug-likeness (QED) is 0.888. The second kappa shape index (κ2) is 5.74. The van der Waals surface area contributed by atoms with E-state index in [1.165, 1.54) is 11.4 Å². The van der Waals surface area contributed by atoms with Gasteiger partial charge in [0.2, 0.25) is 10.0 Å². The molecule has 0 spiro atoms. The molecule has 0 aliphatic heterocycles. The molecule has 0 fully saturated rings. The Morgan fingerprint density at radius 2 is 1.90 bits per heavy atom. The summed E-state index contributed by atoms with van der Waals surface area (Å²) in [7, 11) is -3.86. The minimum absolute atomic E-state index is 0.183. The molecule has 1 aromatic carbocycles. The molecule has 1 unspecified atom stereocenters. The molecule has 2 rings (SSSR count). The molecule has 2 aromatic rings. The van der Waals surface area contributed by atoms with Crippen molar-refractivity contribution in [2.75, 3.05) is 0 Å². The second-order valence-corrected chi connectivity index (χ2v) is 6.77. The Morgan fingerprint density at radius 3 is 2.50 bits per heavy atom. The summed E-state index contributed by atoms with van der Waals surface area (Å²) in [6.45, 7) is 1.71. The number of rotatable bonds is 5. The molecule has 1 heterocycles. The molecule has 1 atom stereocenters. The number of benzene rings is 1. The molecule has 0 saturated heterocycles. The molecular weight excluding hydrogens is 298 g/mol. The molecule has 0 radical (unpaired) electrons. The summed E-state index contributed by atoms with van der Waals surface area (Å²) in [6, 6.07) is 9.93. The Morgan fingerprint density at radius 1 is 1.25 bits per heavy atom. The highest BCUT2D eigenvalue weighted by molar-refractivity contribution is 7.89. The zero-order valence-electron chi connectivity index (χ0n) is 10.6. The lowest BCUT2D eigenvalue weighted by Crippen LogP contribution is -2.27.